The van der Waals surface area contributed by atoms with Crippen molar-refractivity contribution >= 4 is 28.9 Å². The molecule has 2 aromatic carbocycles. The largest absolute Gasteiger partial charge is 0.495 e. The Morgan fingerprint density at radius 3 is 2.63 bits per heavy atom. The molecule has 2 nitrogen and oxygen atoms in total. The first-order chi connectivity index (χ1) is 9.10. The van der Waals surface area contributed by atoms with Crippen LogP contribution in [0.5, 0.6) is 5.75 Å². The van der Waals surface area contributed by atoms with Crippen LogP contribution >= 0.6 is 23.2 Å². The van der Waals surface area contributed by atoms with Crippen LogP contribution in [0.3, 0.4) is 0 Å². The molecule has 0 atom stereocenters. The number of hydrogen-bond acceptors (Lipinski definition) is 2. The molecule has 0 saturated carbocycles. The Labute approximate surface area is 121 Å². The van der Waals surface area contributed by atoms with Crippen LogP contribution in [-0.2, 0) is 6.54 Å². The fraction of sp³-hybridized carbons (Fsp3) is 0.143. The first-order valence-corrected chi connectivity index (χ1v) is 6.37. The van der Waals surface area contributed by atoms with Crippen LogP contribution in [0.25, 0.3) is 0 Å². The van der Waals surface area contributed by atoms with Gasteiger partial charge in [-0.2, -0.15) is 0 Å². The lowest BCUT2D eigenvalue weighted by Gasteiger charge is -2.12. The van der Waals surface area contributed by atoms with Crippen LogP contribution in [0.4, 0.5) is 10.1 Å². The van der Waals surface area contributed by atoms with Gasteiger partial charge in [-0.15, -0.1) is 0 Å². The Morgan fingerprint density at radius 2 is 1.95 bits per heavy atom. The van der Waals surface area contributed by atoms with E-state index >= 15 is 0 Å². The van der Waals surface area contributed by atoms with Crippen LogP contribution in [-0.4, -0.2) is 7.11 Å². The lowest BCUT2D eigenvalue weighted by Crippen LogP contribution is -2.02. The summed E-state index contributed by atoms with van der Waals surface area (Å²) in [5, 5.41) is 4.15. The van der Waals surface area contributed by atoms with Crippen molar-refractivity contribution in [2.45, 2.75) is 6.54 Å². The zero-order valence-corrected chi connectivity index (χ0v) is 11.7. The molecule has 0 aliphatic heterocycles. The maximum Gasteiger partial charge on any atom is 0.142 e. The Balaban J connectivity index is 2.16. The van der Waals surface area contributed by atoms with Crippen molar-refractivity contribution in [1.82, 2.24) is 0 Å². The van der Waals surface area contributed by atoms with Crippen LogP contribution in [0.15, 0.2) is 36.4 Å². The van der Waals surface area contributed by atoms with E-state index in [4.69, 9.17) is 27.9 Å². The van der Waals surface area contributed by atoms with E-state index in [-0.39, 0.29) is 5.82 Å². The van der Waals surface area contributed by atoms with E-state index in [1.54, 1.807) is 31.4 Å². The van der Waals surface area contributed by atoms with Crippen molar-refractivity contribution in [3.8, 4) is 5.75 Å². The molecule has 19 heavy (non-hydrogen) atoms. The molecule has 0 radical (unpaired) electrons. The molecular formula is C14H12Cl2FNO. The molecule has 0 amide bonds. The monoisotopic (exact) mass is 299 g/mol. The van der Waals surface area contributed by atoms with Crippen molar-refractivity contribution in [1.29, 1.82) is 0 Å². The molecule has 0 saturated heterocycles. The van der Waals surface area contributed by atoms with Crippen molar-refractivity contribution in [3.63, 3.8) is 0 Å². The second-order valence-electron chi connectivity index (χ2n) is 3.93. The average molecular weight is 300 g/mol. The maximum absolute atomic E-state index is 12.9. The van der Waals surface area contributed by atoms with Gasteiger partial charge in [-0.05, 0) is 35.9 Å². The van der Waals surface area contributed by atoms with Crippen molar-refractivity contribution in [2.75, 3.05) is 12.4 Å². The molecule has 2 rings (SSSR count). The maximum atomic E-state index is 12.9. The summed E-state index contributed by atoms with van der Waals surface area (Å²) >= 11 is 11.9. The second-order valence-corrected chi connectivity index (χ2v) is 4.78. The molecule has 0 heterocycles. The smallest absolute Gasteiger partial charge is 0.142 e. The topological polar surface area (TPSA) is 21.3 Å². The van der Waals surface area contributed by atoms with Gasteiger partial charge in [0, 0.05) is 16.6 Å². The van der Waals surface area contributed by atoms with E-state index in [2.05, 4.69) is 5.32 Å². The van der Waals surface area contributed by atoms with Gasteiger partial charge in [0.05, 0.1) is 12.8 Å². The number of benzene rings is 2. The highest BCUT2D eigenvalue weighted by molar-refractivity contribution is 6.31. The molecule has 100 valence electrons. The van der Waals surface area contributed by atoms with Gasteiger partial charge < -0.3 is 10.1 Å². The van der Waals surface area contributed by atoms with E-state index < -0.39 is 0 Å². The SMILES string of the molecule is COc1ccc(Cl)cc1NCc1ccc(F)cc1Cl. The summed E-state index contributed by atoms with van der Waals surface area (Å²) in [7, 11) is 1.58. The third kappa shape index (κ3) is 3.52. The number of methoxy groups -OCH3 is 1. The molecule has 2 aromatic rings. The molecule has 5 heteroatoms. The highest BCUT2D eigenvalue weighted by Crippen LogP contribution is 2.28. The minimum atomic E-state index is -0.353. The standard InChI is InChI=1S/C14H12Cl2FNO/c1-19-14-5-3-10(15)6-13(14)18-8-9-2-4-11(17)7-12(9)16/h2-7,18H,8H2,1H3. The van der Waals surface area contributed by atoms with Gasteiger partial charge in [-0.1, -0.05) is 29.3 Å². The third-order valence-corrected chi connectivity index (χ3v) is 3.23. The molecule has 0 spiro atoms. The van der Waals surface area contributed by atoms with Gasteiger partial charge in [0.1, 0.15) is 11.6 Å². The normalized spacial score (nSPS) is 10.3. The summed E-state index contributed by atoms with van der Waals surface area (Å²) in [6.07, 6.45) is 0. The van der Waals surface area contributed by atoms with Gasteiger partial charge >= 0.3 is 0 Å². The predicted molar refractivity (Wildman–Crippen MR) is 76.7 cm³/mol. The number of rotatable bonds is 4. The highest BCUT2D eigenvalue weighted by Gasteiger charge is 2.06. The van der Waals surface area contributed by atoms with E-state index in [1.165, 1.54) is 12.1 Å². The zero-order valence-electron chi connectivity index (χ0n) is 10.2. The van der Waals surface area contributed by atoms with Gasteiger partial charge in [-0.3, -0.25) is 0 Å². The summed E-state index contributed by atoms with van der Waals surface area (Å²) in [4.78, 5) is 0. The molecule has 0 bridgehead atoms. The fourth-order valence-corrected chi connectivity index (χ4v) is 2.08. The number of nitrogens with one attached hydrogen (secondary N) is 1. The van der Waals surface area contributed by atoms with Crippen molar-refractivity contribution in [2.24, 2.45) is 0 Å². The molecule has 0 aromatic heterocycles. The minimum Gasteiger partial charge on any atom is -0.495 e. The quantitative estimate of drug-likeness (QED) is 0.879. The van der Waals surface area contributed by atoms with Crippen LogP contribution < -0.4 is 10.1 Å². The lowest BCUT2D eigenvalue weighted by atomic mass is 10.2. The molecule has 0 unspecified atom stereocenters. The predicted octanol–water partition coefficient (Wildman–Crippen LogP) is 4.75. The van der Waals surface area contributed by atoms with Gasteiger partial charge in [-0.25, -0.2) is 4.39 Å². The van der Waals surface area contributed by atoms with Crippen molar-refractivity contribution in [3.05, 3.63) is 57.8 Å². The molecular weight excluding hydrogens is 288 g/mol. The summed E-state index contributed by atoms with van der Waals surface area (Å²) < 4.78 is 18.2. The fourth-order valence-electron chi connectivity index (χ4n) is 1.67. The molecule has 0 aliphatic carbocycles. The van der Waals surface area contributed by atoms with Gasteiger partial charge in [0.15, 0.2) is 0 Å². The Morgan fingerprint density at radius 1 is 1.16 bits per heavy atom. The van der Waals surface area contributed by atoms with Crippen LogP contribution in [0.2, 0.25) is 10.0 Å². The molecule has 0 fully saturated rings. The van der Waals surface area contributed by atoms with Gasteiger partial charge in [0.2, 0.25) is 0 Å². The van der Waals surface area contributed by atoms with E-state index in [0.717, 1.165) is 11.3 Å². The van der Waals surface area contributed by atoms with E-state index in [0.29, 0.717) is 22.3 Å². The highest BCUT2D eigenvalue weighted by atomic mass is 35.5. The van der Waals surface area contributed by atoms with Crippen molar-refractivity contribution < 1.29 is 9.13 Å². The first kappa shape index (κ1) is 14.0. The van der Waals surface area contributed by atoms with Crippen LogP contribution in [0.1, 0.15) is 5.56 Å². The van der Waals surface area contributed by atoms with Crippen LogP contribution in [0, 0.1) is 5.82 Å². The first-order valence-electron chi connectivity index (χ1n) is 5.61. The third-order valence-electron chi connectivity index (χ3n) is 2.65. The summed E-state index contributed by atoms with van der Waals surface area (Å²) in [6.45, 7) is 0.454. The number of ether oxygens (including phenoxy) is 1. The second kappa shape index (κ2) is 6.13. The zero-order chi connectivity index (χ0) is 13.8. The van der Waals surface area contributed by atoms with E-state index in [1.807, 2.05) is 0 Å². The Kier molecular flexibility index (Phi) is 4.51. The van der Waals surface area contributed by atoms with Gasteiger partial charge in [0.25, 0.3) is 0 Å². The number of anilines is 1. The average Bonchev–Trinajstić information content (AvgIpc) is 2.38. The molecule has 1 N–H and O–H groups in total. The lowest BCUT2D eigenvalue weighted by molar-refractivity contribution is 0.416. The molecule has 0 aliphatic rings. The number of hydrogen-bond donors (Lipinski definition) is 1. The Bertz CT molecular complexity index is 590. The Hall–Kier alpha value is -1.45. The van der Waals surface area contributed by atoms with E-state index in [9.17, 15) is 4.39 Å². The summed E-state index contributed by atoms with van der Waals surface area (Å²) in [6, 6.07) is 9.58. The summed E-state index contributed by atoms with van der Waals surface area (Å²) in [5.41, 5.74) is 1.56. The summed E-state index contributed by atoms with van der Waals surface area (Å²) in [5.74, 6) is 0.330. The minimum absolute atomic E-state index is 0.353. The number of halogens is 3.